The molecule has 0 aliphatic rings. The number of halogens is 1. The summed E-state index contributed by atoms with van der Waals surface area (Å²) < 4.78 is 13.3. The molecule has 0 spiro atoms. The van der Waals surface area contributed by atoms with Crippen LogP contribution < -0.4 is 5.32 Å². The summed E-state index contributed by atoms with van der Waals surface area (Å²) in [7, 11) is 0. The summed E-state index contributed by atoms with van der Waals surface area (Å²) in [5.74, 6) is -1.30. The van der Waals surface area contributed by atoms with Gasteiger partial charge in [-0.2, -0.15) is 0 Å². The Hall–Kier alpha value is -2.01. The van der Waals surface area contributed by atoms with Crippen LogP contribution in [0.25, 0.3) is 10.9 Å². The molecular formula is C12H11FN2O2. The Balaban J connectivity index is 2.29. The third-order valence-corrected chi connectivity index (χ3v) is 2.34. The van der Waals surface area contributed by atoms with Gasteiger partial charge in [0.1, 0.15) is 5.82 Å². The molecule has 2 aromatic rings. The van der Waals surface area contributed by atoms with Gasteiger partial charge < -0.3 is 10.4 Å². The zero-order valence-electron chi connectivity index (χ0n) is 8.98. The van der Waals surface area contributed by atoms with E-state index in [1.54, 1.807) is 18.3 Å². The molecule has 88 valence electrons. The Kier molecular flexibility index (Phi) is 3.30. The summed E-state index contributed by atoms with van der Waals surface area (Å²) in [5, 5.41) is 11.9. The summed E-state index contributed by atoms with van der Waals surface area (Å²) >= 11 is 0. The number of nitrogens with zero attached hydrogens (tertiary/aromatic N) is 1. The van der Waals surface area contributed by atoms with E-state index in [0.717, 1.165) is 0 Å². The number of nitrogens with one attached hydrogen (secondary N) is 1. The van der Waals surface area contributed by atoms with Gasteiger partial charge in [-0.15, -0.1) is 0 Å². The number of carbonyl (C=O) groups is 1. The Morgan fingerprint density at radius 3 is 3.06 bits per heavy atom. The highest BCUT2D eigenvalue weighted by atomic mass is 19.1. The minimum Gasteiger partial charge on any atom is -0.480 e. The lowest BCUT2D eigenvalue weighted by Gasteiger charge is -2.06. The van der Waals surface area contributed by atoms with Gasteiger partial charge in [0.15, 0.2) is 0 Å². The summed E-state index contributed by atoms with van der Waals surface area (Å²) in [6.07, 6.45) is 1.63. The number of carboxylic acid groups (broad SMARTS) is 1. The van der Waals surface area contributed by atoms with Gasteiger partial charge in [-0.05, 0) is 23.8 Å². The van der Waals surface area contributed by atoms with E-state index in [4.69, 9.17) is 5.11 Å². The van der Waals surface area contributed by atoms with Crippen molar-refractivity contribution in [3.8, 4) is 0 Å². The fourth-order valence-corrected chi connectivity index (χ4v) is 1.67. The predicted molar refractivity (Wildman–Crippen MR) is 61.0 cm³/mol. The number of pyridine rings is 1. The third kappa shape index (κ3) is 2.76. The standard InChI is InChI=1S/C12H11FN2O2/c13-10-4-8-2-1-3-15-12(8)9(5-10)6-14-7-11(16)17/h1-5,14H,6-7H2,(H,16,17). The largest absolute Gasteiger partial charge is 0.480 e. The van der Waals surface area contributed by atoms with E-state index in [2.05, 4.69) is 10.3 Å². The normalized spacial score (nSPS) is 10.6. The van der Waals surface area contributed by atoms with Crippen LogP contribution in [0.15, 0.2) is 30.5 Å². The van der Waals surface area contributed by atoms with Crippen LogP contribution in [0.2, 0.25) is 0 Å². The van der Waals surface area contributed by atoms with Crippen LogP contribution in [0, 0.1) is 5.82 Å². The first-order valence-electron chi connectivity index (χ1n) is 5.12. The lowest BCUT2D eigenvalue weighted by Crippen LogP contribution is -2.22. The smallest absolute Gasteiger partial charge is 0.317 e. The van der Waals surface area contributed by atoms with Gasteiger partial charge >= 0.3 is 5.97 Å². The van der Waals surface area contributed by atoms with E-state index >= 15 is 0 Å². The van der Waals surface area contributed by atoms with E-state index in [0.29, 0.717) is 16.5 Å². The average molecular weight is 234 g/mol. The first kappa shape index (κ1) is 11.5. The van der Waals surface area contributed by atoms with Crippen molar-refractivity contribution in [1.82, 2.24) is 10.3 Å². The van der Waals surface area contributed by atoms with Crippen molar-refractivity contribution in [2.45, 2.75) is 6.54 Å². The van der Waals surface area contributed by atoms with Crippen molar-refractivity contribution in [3.05, 3.63) is 41.8 Å². The molecule has 0 unspecified atom stereocenters. The molecule has 0 radical (unpaired) electrons. The highest BCUT2D eigenvalue weighted by Crippen LogP contribution is 2.18. The summed E-state index contributed by atoms with van der Waals surface area (Å²) in [4.78, 5) is 14.5. The molecule has 2 N–H and O–H groups in total. The topological polar surface area (TPSA) is 62.2 Å². The summed E-state index contributed by atoms with van der Waals surface area (Å²) in [5.41, 5.74) is 1.34. The molecule has 17 heavy (non-hydrogen) atoms. The fourth-order valence-electron chi connectivity index (χ4n) is 1.67. The Morgan fingerprint density at radius 2 is 2.29 bits per heavy atom. The molecule has 1 aromatic carbocycles. The Morgan fingerprint density at radius 1 is 1.47 bits per heavy atom. The molecule has 5 heteroatoms. The van der Waals surface area contributed by atoms with E-state index in [9.17, 15) is 9.18 Å². The number of hydrogen-bond donors (Lipinski definition) is 2. The van der Waals surface area contributed by atoms with Gasteiger partial charge in [0.05, 0.1) is 12.1 Å². The lowest BCUT2D eigenvalue weighted by molar-refractivity contribution is -0.135. The number of benzene rings is 1. The molecule has 0 atom stereocenters. The Bertz CT molecular complexity index is 557. The van der Waals surface area contributed by atoms with Crippen LogP contribution in [0.4, 0.5) is 4.39 Å². The third-order valence-electron chi connectivity index (χ3n) is 2.34. The minimum atomic E-state index is -0.946. The molecule has 1 heterocycles. The molecule has 1 aromatic heterocycles. The molecule has 2 rings (SSSR count). The van der Waals surface area contributed by atoms with Crippen LogP contribution >= 0.6 is 0 Å². The lowest BCUT2D eigenvalue weighted by atomic mass is 10.1. The maximum Gasteiger partial charge on any atom is 0.317 e. The zero-order chi connectivity index (χ0) is 12.3. The minimum absolute atomic E-state index is 0.162. The van der Waals surface area contributed by atoms with Gasteiger partial charge in [-0.3, -0.25) is 9.78 Å². The van der Waals surface area contributed by atoms with Crippen molar-refractivity contribution < 1.29 is 14.3 Å². The van der Waals surface area contributed by atoms with Crippen molar-refractivity contribution in [1.29, 1.82) is 0 Å². The second kappa shape index (κ2) is 4.88. The summed E-state index contributed by atoms with van der Waals surface area (Å²) in [6.45, 7) is 0.114. The highest BCUT2D eigenvalue weighted by molar-refractivity contribution is 5.81. The SMILES string of the molecule is O=C(O)CNCc1cc(F)cc2cccnc12. The first-order chi connectivity index (χ1) is 8.16. The molecule has 0 saturated carbocycles. The monoisotopic (exact) mass is 234 g/mol. The van der Waals surface area contributed by atoms with E-state index in [1.165, 1.54) is 12.1 Å². The molecule has 0 aliphatic heterocycles. The van der Waals surface area contributed by atoms with Crippen LogP contribution in [0.1, 0.15) is 5.56 Å². The van der Waals surface area contributed by atoms with E-state index in [-0.39, 0.29) is 18.9 Å². The first-order valence-corrected chi connectivity index (χ1v) is 5.12. The zero-order valence-corrected chi connectivity index (χ0v) is 8.98. The van der Waals surface area contributed by atoms with Crippen LogP contribution in [-0.2, 0) is 11.3 Å². The number of rotatable bonds is 4. The predicted octanol–water partition coefficient (Wildman–Crippen LogP) is 1.55. The number of aromatic nitrogens is 1. The maximum absolute atomic E-state index is 13.3. The molecule has 4 nitrogen and oxygen atoms in total. The summed E-state index contributed by atoms with van der Waals surface area (Å²) in [6, 6.07) is 6.27. The fraction of sp³-hybridized carbons (Fsp3) is 0.167. The second-order valence-electron chi connectivity index (χ2n) is 3.64. The molecule has 0 saturated heterocycles. The van der Waals surface area contributed by atoms with Crippen molar-refractivity contribution in [2.24, 2.45) is 0 Å². The van der Waals surface area contributed by atoms with Gasteiger partial charge in [0, 0.05) is 18.1 Å². The average Bonchev–Trinajstić information content (AvgIpc) is 2.28. The Labute approximate surface area is 97.1 Å². The van der Waals surface area contributed by atoms with E-state index in [1.807, 2.05) is 0 Å². The van der Waals surface area contributed by atoms with Gasteiger partial charge in [-0.1, -0.05) is 6.07 Å². The van der Waals surface area contributed by atoms with Crippen molar-refractivity contribution in [3.63, 3.8) is 0 Å². The van der Waals surface area contributed by atoms with Gasteiger partial charge in [0.25, 0.3) is 0 Å². The van der Waals surface area contributed by atoms with E-state index < -0.39 is 5.97 Å². The van der Waals surface area contributed by atoms with Crippen molar-refractivity contribution in [2.75, 3.05) is 6.54 Å². The molecule has 0 amide bonds. The van der Waals surface area contributed by atoms with Crippen LogP contribution in [0.3, 0.4) is 0 Å². The molecule has 0 aliphatic carbocycles. The van der Waals surface area contributed by atoms with Gasteiger partial charge in [-0.25, -0.2) is 4.39 Å². The van der Waals surface area contributed by atoms with Crippen molar-refractivity contribution >= 4 is 16.9 Å². The molecule has 0 fully saturated rings. The number of fused-ring (bicyclic) bond motifs is 1. The number of aliphatic carboxylic acids is 1. The highest BCUT2D eigenvalue weighted by Gasteiger charge is 2.05. The number of hydrogen-bond acceptors (Lipinski definition) is 3. The quantitative estimate of drug-likeness (QED) is 0.842. The number of carboxylic acids is 1. The van der Waals surface area contributed by atoms with Gasteiger partial charge in [0.2, 0.25) is 0 Å². The maximum atomic E-state index is 13.3. The van der Waals surface area contributed by atoms with Crippen LogP contribution in [0.5, 0.6) is 0 Å². The molecule has 0 bridgehead atoms. The second-order valence-corrected chi connectivity index (χ2v) is 3.64. The van der Waals surface area contributed by atoms with Crippen LogP contribution in [-0.4, -0.2) is 22.6 Å². The molecular weight excluding hydrogens is 223 g/mol.